The van der Waals surface area contributed by atoms with Crippen LogP contribution in [0.2, 0.25) is 0 Å². The van der Waals surface area contributed by atoms with Gasteiger partial charge >= 0.3 is 0 Å². The molecule has 3 rings (SSSR count). The maximum absolute atomic E-state index is 12.7. The third-order valence-electron chi connectivity index (χ3n) is 4.48. The normalized spacial score (nSPS) is 10.3. The summed E-state index contributed by atoms with van der Waals surface area (Å²) in [5.74, 6) is 1.15. The molecule has 0 atom stereocenters. The molecule has 0 radical (unpaired) electrons. The average Bonchev–Trinajstić information content (AvgIpc) is 2.77. The summed E-state index contributed by atoms with van der Waals surface area (Å²) in [6.07, 6.45) is 5.88. The summed E-state index contributed by atoms with van der Waals surface area (Å²) in [6.45, 7) is 0.595. The highest BCUT2D eigenvalue weighted by Crippen LogP contribution is 2.31. The van der Waals surface area contributed by atoms with Crippen molar-refractivity contribution in [3.63, 3.8) is 0 Å². The number of benzene rings is 1. The molecular formula is C22H24N4O3. The molecule has 1 amide bonds. The Kier molecular flexibility index (Phi) is 6.63. The smallest absolute Gasteiger partial charge is 0.272 e. The highest BCUT2D eigenvalue weighted by atomic mass is 16.5. The highest BCUT2D eigenvalue weighted by Gasteiger charge is 2.14. The van der Waals surface area contributed by atoms with Gasteiger partial charge in [0.2, 0.25) is 0 Å². The summed E-state index contributed by atoms with van der Waals surface area (Å²) < 4.78 is 10.6. The number of methoxy groups -OCH3 is 2. The number of aromatic nitrogens is 2. The van der Waals surface area contributed by atoms with Gasteiger partial charge in [0, 0.05) is 49.6 Å². The molecule has 0 unspecified atom stereocenters. The van der Waals surface area contributed by atoms with Crippen molar-refractivity contribution in [1.82, 2.24) is 14.9 Å². The number of nitrogens with one attached hydrogen (secondary N) is 1. The van der Waals surface area contributed by atoms with Gasteiger partial charge in [-0.3, -0.25) is 14.8 Å². The van der Waals surface area contributed by atoms with Crippen molar-refractivity contribution in [3.8, 4) is 11.5 Å². The fourth-order valence-corrected chi connectivity index (χ4v) is 2.85. The summed E-state index contributed by atoms with van der Waals surface area (Å²) in [4.78, 5) is 22.7. The van der Waals surface area contributed by atoms with Crippen LogP contribution in [0.25, 0.3) is 0 Å². The van der Waals surface area contributed by atoms with E-state index in [-0.39, 0.29) is 5.91 Å². The van der Waals surface area contributed by atoms with E-state index in [0.717, 1.165) is 23.4 Å². The molecule has 0 spiro atoms. The summed E-state index contributed by atoms with van der Waals surface area (Å²) in [6, 6.07) is 13.0. The fraction of sp³-hybridized carbons (Fsp3) is 0.227. The number of carbonyl (C=O) groups is 1. The van der Waals surface area contributed by atoms with E-state index in [0.29, 0.717) is 23.7 Å². The molecule has 0 aliphatic heterocycles. The van der Waals surface area contributed by atoms with E-state index < -0.39 is 0 Å². The number of nitrogens with zero attached hydrogens (tertiary/aromatic N) is 3. The standard InChI is InChI=1S/C22H24N4O3/c1-26(13-9-16-6-10-23-11-7-16)22(27)19-14-18(8-12-24-19)25-17-4-5-20(28-2)21(15-17)29-3/h4-8,10-12,14-15H,9,13H2,1-3H3,(H,24,25). The molecule has 0 bridgehead atoms. The Morgan fingerprint density at radius 2 is 1.69 bits per heavy atom. The topological polar surface area (TPSA) is 76.6 Å². The van der Waals surface area contributed by atoms with E-state index >= 15 is 0 Å². The number of hydrogen-bond donors (Lipinski definition) is 1. The third-order valence-corrected chi connectivity index (χ3v) is 4.48. The number of rotatable bonds is 8. The van der Waals surface area contributed by atoms with Gasteiger partial charge in [-0.25, -0.2) is 0 Å². The monoisotopic (exact) mass is 392 g/mol. The van der Waals surface area contributed by atoms with Crippen molar-refractivity contribution in [2.24, 2.45) is 0 Å². The van der Waals surface area contributed by atoms with Crippen molar-refractivity contribution in [2.75, 3.05) is 33.1 Å². The second-order valence-electron chi connectivity index (χ2n) is 6.46. The molecule has 1 N–H and O–H groups in total. The Balaban J connectivity index is 1.67. The van der Waals surface area contributed by atoms with Crippen molar-refractivity contribution >= 4 is 17.3 Å². The molecule has 0 aliphatic carbocycles. The second-order valence-corrected chi connectivity index (χ2v) is 6.46. The molecule has 7 nitrogen and oxygen atoms in total. The first-order chi connectivity index (χ1) is 14.1. The number of ether oxygens (including phenoxy) is 2. The van der Waals surface area contributed by atoms with Crippen LogP contribution in [0.5, 0.6) is 11.5 Å². The van der Waals surface area contributed by atoms with Crippen LogP contribution in [0.3, 0.4) is 0 Å². The molecule has 1 aromatic carbocycles. The van der Waals surface area contributed by atoms with E-state index in [1.54, 1.807) is 50.8 Å². The minimum atomic E-state index is -0.130. The first-order valence-electron chi connectivity index (χ1n) is 9.20. The van der Waals surface area contributed by atoms with Crippen molar-refractivity contribution < 1.29 is 14.3 Å². The lowest BCUT2D eigenvalue weighted by Gasteiger charge is -2.17. The molecule has 150 valence electrons. The highest BCUT2D eigenvalue weighted by molar-refractivity contribution is 5.93. The molecule has 2 heterocycles. The Labute approximate surface area is 170 Å². The maximum atomic E-state index is 12.7. The molecule has 0 saturated heterocycles. The second kappa shape index (κ2) is 9.54. The van der Waals surface area contributed by atoms with Crippen LogP contribution < -0.4 is 14.8 Å². The van der Waals surface area contributed by atoms with Crippen molar-refractivity contribution in [2.45, 2.75) is 6.42 Å². The van der Waals surface area contributed by atoms with Crippen LogP contribution >= 0.6 is 0 Å². The van der Waals surface area contributed by atoms with Crippen LogP contribution in [0.4, 0.5) is 11.4 Å². The lowest BCUT2D eigenvalue weighted by molar-refractivity contribution is 0.0791. The largest absolute Gasteiger partial charge is 0.493 e. The first-order valence-corrected chi connectivity index (χ1v) is 9.20. The number of likely N-dealkylation sites (N-methyl/N-ethyl adjacent to an activating group) is 1. The van der Waals surface area contributed by atoms with Crippen LogP contribution in [0.1, 0.15) is 16.1 Å². The van der Waals surface area contributed by atoms with Gasteiger partial charge in [-0.2, -0.15) is 0 Å². The molecule has 7 heteroatoms. The Morgan fingerprint density at radius 1 is 0.966 bits per heavy atom. The zero-order valence-electron chi connectivity index (χ0n) is 16.8. The summed E-state index contributed by atoms with van der Waals surface area (Å²) in [5.41, 5.74) is 3.10. The van der Waals surface area contributed by atoms with Crippen molar-refractivity contribution in [3.05, 3.63) is 72.3 Å². The summed E-state index contributed by atoms with van der Waals surface area (Å²) in [7, 11) is 4.96. The minimum Gasteiger partial charge on any atom is -0.493 e. The third kappa shape index (κ3) is 5.22. The zero-order valence-corrected chi connectivity index (χ0v) is 16.8. The van der Waals surface area contributed by atoms with Gasteiger partial charge in [-0.1, -0.05) is 0 Å². The first kappa shape index (κ1) is 20.1. The van der Waals surface area contributed by atoms with E-state index in [2.05, 4.69) is 15.3 Å². The van der Waals surface area contributed by atoms with E-state index in [1.807, 2.05) is 36.4 Å². The zero-order chi connectivity index (χ0) is 20.6. The number of pyridine rings is 2. The van der Waals surface area contributed by atoms with E-state index in [4.69, 9.17) is 9.47 Å². The van der Waals surface area contributed by atoms with Gasteiger partial charge in [0.1, 0.15) is 5.69 Å². The number of amides is 1. The number of hydrogen-bond acceptors (Lipinski definition) is 6. The van der Waals surface area contributed by atoms with Gasteiger partial charge in [0.25, 0.3) is 5.91 Å². The molecular weight excluding hydrogens is 368 g/mol. The predicted molar refractivity (Wildman–Crippen MR) is 112 cm³/mol. The van der Waals surface area contributed by atoms with E-state index in [1.165, 1.54) is 0 Å². The maximum Gasteiger partial charge on any atom is 0.272 e. The number of carbonyl (C=O) groups excluding carboxylic acids is 1. The predicted octanol–water partition coefficient (Wildman–Crippen LogP) is 3.55. The lowest BCUT2D eigenvalue weighted by atomic mass is 10.2. The molecule has 0 saturated carbocycles. The molecule has 0 fully saturated rings. The summed E-state index contributed by atoms with van der Waals surface area (Å²) in [5, 5.41) is 3.27. The van der Waals surface area contributed by atoms with Gasteiger partial charge in [-0.15, -0.1) is 0 Å². The summed E-state index contributed by atoms with van der Waals surface area (Å²) >= 11 is 0. The fourth-order valence-electron chi connectivity index (χ4n) is 2.85. The Morgan fingerprint density at radius 3 is 2.41 bits per heavy atom. The SMILES string of the molecule is COc1ccc(Nc2ccnc(C(=O)N(C)CCc3ccncc3)c2)cc1OC. The Hall–Kier alpha value is -3.61. The Bertz CT molecular complexity index is 963. The van der Waals surface area contributed by atoms with Gasteiger partial charge < -0.3 is 19.7 Å². The van der Waals surface area contributed by atoms with Crippen LogP contribution in [0.15, 0.2) is 61.1 Å². The van der Waals surface area contributed by atoms with E-state index in [9.17, 15) is 4.79 Å². The average molecular weight is 392 g/mol. The molecule has 3 aromatic rings. The van der Waals surface area contributed by atoms with Gasteiger partial charge in [-0.05, 0) is 48.4 Å². The van der Waals surface area contributed by atoms with Gasteiger partial charge in [0.15, 0.2) is 11.5 Å². The lowest BCUT2D eigenvalue weighted by Crippen LogP contribution is -2.29. The molecule has 29 heavy (non-hydrogen) atoms. The van der Waals surface area contributed by atoms with Crippen molar-refractivity contribution in [1.29, 1.82) is 0 Å². The van der Waals surface area contributed by atoms with Crippen LogP contribution in [0, 0.1) is 0 Å². The molecule has 2 aromatic heterocycles. The molecule has 0 aliphatic rings. The van der Waals surface area contributed by atoms with Crippen LogP contribution in [-0.2, 0) is 6.42 Å². The quantitative estimate of drug-likeness (QED) is 0.632. The number of anilines is 2. The minimum absolute atomic E-state index is 0.130. The van der Waals surface area contributed by atoms with Gasteiger partial charge in [0.05, 0.1) is 14.2 Å². The van der Waals surface area contributed by atoms with Crippen LogP contribution in [-0.4, -0.2) is 48.6 Å².